The van der Waals surface area contributed by atoms with Crippen LogP contribution in [0.4, 0.5) is 5.00 Å². The Kier molecular flexibility index (Phi) is 3.12. The molecule has 0 spiro atoms. The van der Waals surface area contributed by atoms with Crippen molar-refractivity contribution in [1.29, 1.82) is 5.26 Å². The summed E-state index contributed by atoms with van der Waals surface area (Å²) < 4.78 is 0. The molecule has 0 unspecified atom stereocenters. The van der Waals surface area contributed by atoms with Gasteiger partial charge in [-0.1, -0.05) is 13.8 Å². The molecule has 64 valence electrons. The standard InChI is InChI=1S/C9H12N2S/c1-7(2)6-11-9-8(5-10)3-4-12-9/h3-4,7,11H,6H2,1-2H3. The van der Waals surface area contributed by atoms with Gasteiger partial charge in [-0.05, 0) is 17.4 Å². The van der Waals surface area contributed by atoms with E-state index >= 15 is 0 Å². The van der Waals surface area contributed by atoms with Crippen LogP contribution in [0.15, 0.2) is 11.4 Å². The van der Waals surface area contributed by atoms with Crippen molar-refractivity contribution < 1.29 is 0 Å². The van der Waals surface area contributed by atoms with E-state index < -0.39 is 0 Å². The van der Waals surface area contributed by atoms with E-state index in [-0.39, 0.29) is 0 Å². The van der Waals surface area contributed by atoms with Gasteiger partial charge in [0.25, 0.3) is 0 Å². The maximum atomic E-state index is 8.69. The van der Waals surface area contributed by atoms with Crippen molar-refractivity contribution in [3.8, 4) is 6.07 Å². The second kappa shape index (κ2) is 4.13. The molecule has 0 atom stereocenters. The molecule has 0 aliphatic heterocycles. The Balaban J connectivity index is 2.58. The van der Waals surface area contributed by atoms with E-state index in [4.69, 9.17) is 5.26 Å². The molecule has 1 aromatic rings. The van der Waals surface area contributed by atoms with Crippen LogP contribution in [0.2, 0.25) is 0 Å². The lowest BCUT2D eigenvalue weighted by molar-refractivity contribution is 0.690. The van der Waals surface area contributed by atoms with Crippen LogP contribution in [-0.2, 0) is 0 Å². The zero-order valence-corrected chi connectivity index (χ0v) is 8.11. The highest BCUT2D eigenvalue weighted by molar-refractivity contribution is 7.14. The number of nitriles is 1. The van der Waals surface area contributed by atoms with Gasteiger partial charge in [0.1, 0.15) is 11.1 Å². The molecule has 0 saturated heterocycles. The third-order valence-electron chi connectivity index (χ3n) is 1.46. The molecular formula is C9H12N2S. The molecule has 3 heteroatoms. The normalized spacial score (nSPS) is 9.83. The molecule has 0 aliphatic rings. The van der Waals surface area contributed by atoms with E-state index in [1.807, 2.05) is 11.4 Å². The minimum absolute atomic E-state index is 0.610. The fourth-order valence-corrected chi connectivity index (χ4v) is 1.58. The second-order valence-corrected chi connectivity index (χ2v) is 3.97. The fourth-order valence-electron chi connectivity index (χ4n) is 0.831. The molecule has 12 heavy (non-hydrogen) atoms. The maximum Gasteiger partial charge on any atom is 0.106 e. The van der Waals surface area contributed by atoms with Crippen LogP contribution in [0.3, 0.4) is 0 Å². The lowest BCUT2D eigenvalue weighted by Gasteiger charge is -2.06. The number of nitrogens with one attached hydrogen (secondary N) is 1. The van der Waals surface area contributed by atoms with Gasteiger partial charge in [-0.25, -0.2) is 0 Å². The zero-order chi connectivity index (χ0) is 8.97. The van der Waals surface area contributed by atoms with Gasteiger partial charge in [-0.15, -0.1) is 11.3 Å². The van der Waals surface area contributed by atoms with Crippen LogP contribution >= 0.6 is 11.3 Å². The summed E-state index contributed by atoms with van der Waals surface area (Å²) in [5, 5.41) is 14.9. The van der Waals surface area contributed by atoms with Crippen molar-refractivity contribution in [2.45, 2.75) is 13.8 Å². The monoisotopic (exact) mass is 180 g/mol. The van der Waals surface area contributed by atoms with Crippen molar-refractivity contribution in [2.24, 2.45) is 5.92 Å². The van der Waals surface area contributed by atoms with Crippen LogP contribution in [0.5, 0.6) is 0 Å². The van der Waals surface area contributed by atoms with Gasteiger partial charge in [0.05, 0.1) is 5.56 Å². The van der Waals surface area contributed by atoms with Gasteiger partial charge in [-0.2, -0.15) is 5.26 Å². The first-order valence-electron chi connectivity index (χ1n) is 3.95. The summed E-state index contributed by atoms with van der Waals surface area (Å²) in [6.45, 7) is 5.22. The molecule has 0 aliphatic carbocycles. The minimum atomic E-state index is 0.610. The molecule has 0 aromatic carbocycles. The summed E-state index contributed by atoms with van der Waals surface area (Å²) in [5.41, 5.74) is 0.751. The number of anilines is 1. The summed E-state index contributed by atoms with van der Waals surface area (Å²) in [6, 6.07) is 3.99. The molecular weight excluding hydrogens is 168 g/mol. The van der Waals surface area contributed by atoms with Crippen molar-refractivity contribution in [3.63, 3.8) is 0 Å². The Morgan fingerprint density at radius 2 is 2.42 bits per heavy atom. The van der Waals surface area contributed by atoms with E-state index in [1.165, 1.54) is 0 Å². The average molecular weight is 180 g/mol. The molecule has 1 heterocycles. The Labute approximate surface area is 76.8 Å². The Morgan fingerprint density at radius 1 is 1.67 bits per heavy atom. The third-order valence-corrected chi connectivity index (χ3v) is 2.33. The molecule has 0 saturated carbocycles. The van der Waals surface area contributed by atoms with Crippen LogP contribution in [-0.4, -0.2) is 6.54 Å². The molecule has 1 rings (SSSR count). The molecule has 0 amide bonds. The predicted octanol–water partition coefficient (Wildman–Crippen LogP) is 2.69. The van der Waals surface area contributed by atoms with E-state index in [9.17, 15) is 0 Å². The van der Waals surface area contributed by atoms with Crippen LogP contribution < -0.4 is 5.32 Å². The van der Waals surface area contributed by atoms with Crippen molar-refractivity contribution in [2.75, 3.05) is 11.9 Å². The predicted molar refractivity (Wildman–Crippen MR) is 52.4 cm³/mol. The summed E-state index contributed by atoms with van der Waals surface area (Å²) in [7, 11) is 0. The number of nitrogens with zero attached hydrogens (tertiary/aromatic N) is 1. The smallest absolute Gasteiger partial charge is 0.106 e. The number of rotatable bonds is 3. The highest BCUT2D eigenvalue weighted by atomic mass is 32.1. The van der Waals surface area contributed by atoms with E-state index in [1.54, 1.807) is 11.3 Å². The highest BCUT2D eigenvalue weighted by Crippen LogP contribution is 2.22. The second-order valence-electron chi connectivity index (χ2n) is 3.05. The first-order valence-corrected chi connectivity index (χ1v) is 4.83. The van der Waals surface area contributed by atoms with Crippen molar-refractivity contribution in [3.05, 3.63) is 17.0 Å². The molecule has 0 bridgehead atoms. The van der Waals surface area contributed by atoms with Crippen LogP contribution in [0, 0.1) is 17.2 Å². The summed E-state index contributed by atoms with van der Waals surface area (Å²) in [6.07, 6.45) is 0. The average Bonchev–Trinajstić information content (AvgIpc) is 2.47. The van der Waals surface area contributed by atoms with Crippen LogP contribution in [0.1, 0.15) is 19.4 Å². The van der Waals surface area contributed by atoms with Gasteiger partial charge in [0.2, 0.25) is 0 Å². The maximum absolute atomic E-state index is 8.69. The number of thiophene rings is 1. The van der Waals surface area contributed by atoms with E-state index in [0.717, 1.165) is 17.1 Å². The first-order chi connectivity index (χ1) is 5.74. The quantitative estimate of drug-likeness (QED) is 0.776. The van der Waals surface area contributed by atoms with E-state index in [0.29, 0.717) is 5.92 Å². The summed E-state index contributed by atoms with van der Waals surface area (Å²) in [4.78, 5) is 0. The summed E-state index contributed by atoms with van der Waals surface area (Å²) >= 11 is 1.58. The van der Waals surface area contributed by atoms with Crippen molar-refractivity contribution >= 4 is 16.3 Å². The fraction of sp³-hybridized carbons (Fsp3) is 0.444. The largest absolute Gasteiger partial charge is 0.376 e. The lowest BCUT2D eigenvalue weighted by Crippen LogP contribution is -2.07. The first kappa shape index (κ1) is 9.08. The number of hydrogen-bond acceptors (Lipinski definition) is 3. The lowest BCUT2D eigenvalue weighted by atomic mass is 10.2. The minimum Gasteiger partial charge on any atom is -0.376 e. The van der Waals surface area contributed by atoms with Crippen LogP contribution in [0.25, 0.3) is 0 Å². The Hall–Kier alpha value is -1.01. The van der Waals surface area contributed by atoms with E-state index in [2.05, 4.69) is 25.2 Å². The Bertz CT molecular complexity index is 283. The van der Waals surface area contributed by atoms with Gasteiger partial charge in [-0.3, -0.25) is 0 Å². The molecule has 2 nitrogen and oxygen atoms in total. The van der Waals surface area contributed by atoms with Gasteiger partial charge < -0.3 is 5.32 Å². The van der Waals surface area contributed by atoms with Gasteiger partial charge in [0, 0.05) is 6.54 Å². The SMILES string of the molecule is CC(C)CNc1sccc1C#N. The van der Waals surface area contributed by atoms with Gasteiger partial charge in [0.15, 0.2) is 0 Å². The Morgan fingerprint density at radius 3 is 3.00 bits per heavy atom. The third kappa shape index (κ3) is 2.24. The van der Waals surface area contributed by atoms with Gasteiger partial charge >= 0.3 is 0 Å². The molecule has 1 aromatic heterocycles. The molecule has 1 N–H and O–H groups in total. The molecule has 0 fully saturated rings. The highest BCUT2D eigenvalue weighted by Gasteiger charge is 2.02. The summed E-state index contributed by atoms with van der Waals surface area (Å²) in [5.74, 6) is 0.610. The van der Waals surface area contributed by atoms with Crippen molar-refractivity contribution in [1.82, 2.24) is 0 Å². The molecule has 0 radical (unpaired) electrons. The topological polar surface area (TPSA) is 35.8 Å². The zero-order valence-electron chi connectivity index (χ0n) is 7.29. The number of hydrogen-bond donors (Lipinski definition) is 1.